The lowest BCUT2D eigenvalue weighted by atomic mass is 10.2. The lowest BCUT2D eigenvalue weighted by molar-refractivity contribution is -0.111. The van der Waals surface area contributed by atoms with Crippen molar-refractivity contribution in [2.24, 2.45) is 0 Å². The van der Waals surface area contributed by atoms with Crippen LogP contribution in [-0.2, 0) is 4.79 Å². The number of rotatable bonds is 3. The topological polar surface area (TPSA) is 29.1 Å². The number of nitrogens with one attached hydrogen (secondary N) is 1. The summed E-state index contributed by atoms with van der Waals surface area (Å²) < 4.78 is 0.847. The molecule has 2 aromatic carbocycles. The molecule has 0 heterocycles. The molecule has 0 saturated heterocycles. The van der Waals surface area contributed by atoms with Crippen LogP contribution in [0.5, 0.6) is 0 Å². The Hall–Kier alpha value is -1.58. The summed E-state index contributed by atoms with van der Waals surface area (Å²) in [7, 11) is 0. The molecule has 0 aromatic heterocycles. The highest BCUT2D eigenvalue weighted by Crippen LogP contribution is 2.21. The van der Waals surface area contributed by atoms with Gasteiger partial charge in [0.15, 0.2) is 0 Å². The number of hydrogen-bond acceptors (Lipinski definition) is 1. The minimum atomic E-state index is -0.188. The maximum absolute atomic E-state index is 11.8. The molecule has 96 valence electrons. The van der Waals surface area contributed by atoms with E-state index in [0.717, 1.165) is 15.7 Å². The van der Waals surface area contributed by atoms with Gasteiger partial charge in [0.25, 0.3) is 0 Å². The SMILES string of the molecule is O=C(C=Cc1cccc(Cl)c1)Nc1ccccc1Br. The maximum atomic E-state index is 11.8. The lowest BCUT2D eigenvalue weighted by Gasteiger charge is -2.04. The van der Waals surface area contributed by atoms with E-state index in [2.05, 4.69) is 21.2 Å². The van der Waals surface area contributed by atoms with Crippen molar-refractivity contribution >= 4 is 45.2 Å². The molecule has 0 fully saturated rings. The molecule has 0 radical (unpaired) electrons. The molecule has 0 unspecified atom stereocenters. The fraction of sp³-hybridized carbons (Fsp3) is 0. The van der Waals surface area contributed by atoms with E-state index in [4.69, 9.17) is 11.6 Å². The van der Waals surface area contributed by atoms with Crippen LogP contribution in [0.15, 0.2) is 59.1 Å². The quantitative estimate of drug-likeness (QED) is 0.805. The van der Waals surface area contributed by atoms with Crippen molar-refractivity contribution in [1.29, 1.82) is 0 Å². The molecule has 2 rings (SSSR count). The van der Waals surface area contributed by atoms with Gasteiger partial charge in [-0.05, 0) is 51.8 Å². The van der Waals surface area contributed by atoms with Crippen LogP contribution in [0.1, 0.15) is 5.56 Å². The van der Waals surface area contributed by atoms with E-state index >= 15 is 0 Å². The van der Waals surface area contributed by atoms with E-state index in [0.29, 0.717) is 5.02 Å². The standard InChI is InChI=1S/C15H11BrClNO/c16-13-6-1-2-7-14(13)18-15(19)9-8-11-4-3-5-12(17)10-11/h1-10H,(H,18,19). The Morgan fingerprint density at radius 3 is 2.68 bits per heavy atom. The number of carbonyl (C=O) groups is 1. The summed E-state index contributed by atoms with van der Waals surface area (Å²) in [5.41, 5.74) is 1.62. The molecule has 1 amide bonds. The van der Waals surface area contributed by atoms with Crippen molar-refractivity contribution in [3.8, 4) is 0 Å². The first-order valence-corrected chi connectivity index (χ1v) is 6.81. The Balaban J connectivity index is 2.04. The predicted molar refractivity (Wildman–Crippen MR) is 83.3 cm³/mol. The van der Waals surface area contributed by atoms with Crippen LogP contribution in [0.4, 0.5) is 5.69 Å². The third kappa shape index (κ3) is 4.23. The van der Waals surface area contributed by atoms with Crippen molar-refractivity contribution in [2.75, 3.05) is 5.32 Å². The van der Waals surface area contributed by atoms with E-state index in [9.17, 15) is 4.79 Å². The second-order valence-electron chi connectivity index (χ2n) is 3.86. The average molecular weight is 337 g/mol. The van der Waals surface area contributed by atoms with E-state index in [1.165, 1.54) is 6.08 Å². The summed E-state index contributed by atoms with van der Waals surface area (Å²) >= 11 is 9.24. The van der Waals surface area contributed by atoms with Crippen LogP contribution in [-0.4, -0.2) is 5.91 Å². The van der Waals surface area contributed by atoms with Gasteiger partial charge < -0.3 is 5.32 Å². The average Bonchev–Trinajstić information content (AvgIpc) is 2.39. The van der Waals surface area contributed by atoms with Crippen LogP contribution in [0.2, 0.25) is 5.02 Å². The number of hydrogen-bond donors (Lipinski definition) is 1. The van der Waals surface area contributed by atoms with Crippen molar-refractivity contribution in [1.82, 2.24) is 0 Å². The third-order valence-corrected chi connectivity index (χ3v) is 3.33. The number of amides is 1. The number of carbonyl (C=O) groups excluding carboxylic acids is 1. The normalized spacial score (nSPS) is 10.6. The molecule has 0 atom stereocenters. The van der Waals surface area contributed by atoms with Crippen LogP contribution in [0.25, 0.3) is 6.08 Å². The highest BCUT2D eigenvalue weighted by atomic mass is 79.9. The molecule has 0 bridgehead atoms. The van der Waals surface area contributed by atoms with Gasteiger partial charge in [0.2, 0.25) is 5.91 Å². The van der Waals surface area contributed by atoms with E-state index in [1.54, 1.807) is 18.2 Å². The molecule has 1 N–H and O–H groups in total. The van der Waals surface area contributed by atoms with E-state index in [-0.39, 0.29) is 5.91 Å². The van der Waals surface area contributed by atoms with Gasteiger partial charge in [-0.15, -0.1) is 0 Å². The van der Waals surface area contributed by atoms with Crippen molar-refractivity contribution in [3.63, 3.8) is 0 Å². The van der Waals surface area contributed by atoms with Gasteiger partial charge in [0.05, 0.1) is 5.69 Å². The van der Waals surface area contributed by atoms with Gasteiger partial charge in [-0.2, -0.15) is 0 Å². The zero-order chi connectivity index (χ0) is 13.7. The molecule has 0 aliphatic rings. The minimum Gasteiger partial charge on any atom is -0.321 e. The Labute approximate surface area is 125 Å². The van der Waals surface area contributed by atoms with Crippen molar-refractivity contribution < 1.29 is 4.79 Å². The Morgan fingerprint density at radius 1 is 1.16 bits per heavy atom. The summed E-state index contributed by atoms with van der Waals surface area (Å²) in [5, 5.41) is 3.44. The smallest absolute Gasteiger partial charge is 0.248 e. The van der Waals surface area contributed by atoms with E-state index < -0.39 is 0 Å². The molecule has 0 aliphatic carbocycles. The molecule has 0 aliphatic heterocycles. The van der Waals surface area contributed by atoms with Crippen molar-refractivity contribution in [3.05, 3.63) is 69.7 Å². The van der Waals surface area contributed by atoms with Crippen LogP contribution in [0.3, 0.4) is 0 Å². The van der Waals surface area contributed by atoms with Gasteiger partial charge >= 0.3 is 0 Å². The second kappa shape index (κ2) is 6.55. The highest BCUT2D eigenvalue weighted by Gasteiger charge is 2.01. The Kier molecular flexibility index (Phi) is 4.77. The summed E-state index contributed by atoms with van der Waals surface area (Å²) in [6.45, 7) is 0. The van der Waals surface area contributed by atoms with Crippen LogP contribution in [0, 0.1) is 0 Å². The molecule has 2 aromatic rings. The van der Waals surface area contributed by atoms with Gasteiger partial charge in [-0.1, -0.05) is 35.9 Å². The number of para-hydroxylation sites is 1. The summed E-state index contributed by atoms with van der Waals surface area (Å²) in [6.07, 6.45) is 3.20. The molecular weight excluding hydrogens is 326 g/mol. The molecular formula is C15H11BrClNO. The first-order valence-electron chi connectivity index (χ1n) is 5.64. The molecule has 0 spiro atoms. The van der Waals surface area contributed by atoms with Crippen molar-refractivity contribution in [2.45, 2.75) is 0 Å². The van der Waals surface area contributed by atoms with Gasteiger partial charge in [0, 0.05) is 15.6 Å². The maximum Gasteiger partial charge on any atom is 0.248 e. The molecule has 19 heavy (non-hydrogen) atoms. The van der Waals surface area contributed by atoms with Crippen LogP contribution < -0.4 is 5.32 Å². The molecule has 4 heteroatoms. The first kappa shape index (κ1) is 13.8. The predicted octanol–water partition coefficient (Wildman–Crippen LogP) is 4.75. The van der Waals surface area contributed by atoms with E-state index in [1.807, 2.05) is 36.4 Å². The molecule has 0 saturated carbocycles. The Bertz CT molecular complexity index is 625. The van der Waals surface area contributed by atoms with Gasteiger partial charge in [0.1, 0.15) is 0 Å². The zero-order valence-electron chi connectivity index (χ0n) is 9.94. The van der Waals surface area contributed by atoms with Crippen LogP contribution >= 0.6 is 27.5 Å². The lowest BCUT2D eigenvalue weighted by Crippen LogP contribution is -2.07. The molecule has 2 nitrogen and oxygen atoms in total. The minimum absolute atomic E-state index is 0.188. The summed E-state index contributed by atoms with van der Waals surface area (Å²) in [4.78, 5) is 11.8. The Morgan fingerprint density at radius 2 is 1.95 bits per heavy atom. The fourth-order valence-electron chi connectivity index (χ4n) is 1.52. The van der Waals surface area contributed by atoms with Gasteiger partial charge in [-0.3, -0.25) is 4.79 Å². The zero-order valence-corrected chi connectivity index (χ0v) is 12.3. The second-order valence-corrected chi connectivity index (χ2v) is 5.15. The number of benzene rings is 2. The first-order chi connectivity index (χ1) is 9.15. The fourth-order valence-corrected chi connectivity index (χ4v) is 2.10. The number of anilines is 1. The monoisotopic (exact) mass is 335 g/mol. The summed E-state index contributed by atoms with van der Waals surface area (Å²) in [6, 6.07) is 14.8. The summed E-state index contributed by atoms with van der Waals surface area (Å²) in [5.74, 6) is -0.188. The number of halogens is 2. The van der Waals surface area contributed by atoms with Gasteiger partial charge in [-0.25, -0.2) is 0 Å². The highest BCUT2D eigenvalue weighted by molar-refractivity contribution is 9.10. The third-order valence-electron chi connectivity index (χ3n) is 2.41. The largest absolute Gasteiger partial charge is 0.321 e.